The van der Waals surface area contributed by atoms with Crippen LogP contribution in [-0.4, -0.2) is 96.8 Å². The molecule has 0 spiro atoms. The van der Waals surface area contributed by atoms with Crippen molar-refractivity contribution in [2.75, 3.05) is 36.2 Å². The summed E-state index contributed by atoms with van der Waals surface area (Å²) in [4.78, 5) is 17.1. The number of benzene rings is 2. The quantitative estimate of drug-likeness (QED) is 0.0806. The lowest BCUT2D eigenvalue weighted by molar-refractivity contribution is 0.207. The second kappa shape index (κ2) is 15.0. The van der Waals surface area contributed by atoms with Crippen LogP contribution in [0.1, 0.15) is 13.8 Å². The van der Waals surface area contributed by atoms with Crippen LogP contribution in [0.2, 0.25) is 10.0 Å². The minimum Gasteiger partial charge on any atom is -0.392 e. The summed E-state index contributed by atoms with van der Waals surface area (Å²) in [5, 5.41) is 42.0. The van der Waals surface area contributed by atoms with Crippen LogP contribution in [0.25, 0.3) is 44.6 Å². The second-order valence-electron chi connectivity index (χ2n) is 10.7. The fourth-order valence-corrected chi connectivity index (χ4v) is 5.86. The van der Waals surface area contributed by atoms with E-state index >= 15 is 0 Å². The van der Waals surface area contributed by atoms with Gasteiger partial charge in [-0.15, -0.1) is 0 Å². The monoisotopic (exact) mass is 730 g/mol. The number of thioether (sulfide) groups is 1. The Morgan fingerprint density at radius 3 is 1.67 bits per heavy atom. The van der Waals surface area contributed by atoms with Crippen molar-refractivity contribution in [3.8, 4) is 22.5 Å². The molecule has 48 heavy (non-hydrogen) atoms. The molecule has 18 heteroatoms. The molecule has 0 saturated carbocycles. The highest BCUT2D eigenvalue weighted by Gasteiger charge is 2.22. The van der Waals surface area contributed by atoms with E-state index in [1.54, 1.807) is 32.0 Å². The van der Waals surface area contributed by atoms with Crippen molar-refractivity contribution in [2.45, 2.75) is 36.4 Å². The van der Waals surface area contributed by atoms with Gasteiger partial charge in [0.25, 0.3) is 5.16 Å². The summed E-state index contributed by atoms with van der Waals surface area (Å²) >= 11 is 14.0. The molecule has 14 nitrogen and oxygen atoms in total. The molecule has 2 aromatic carbocycles. The van der Waals surface area contributed by atoms with E-state index in [0.717, 1.165) is 22.9 Å². The number of hydrogen-bond acceptors (Lipinski definition) is 13. The smallest absolute Gasteiger partial charge is 0.250 e. The third-order valence-electron chi connectivity index (χ3n) is 6.72. The number of aliphatic hydroxyl groups excluding tert-OH is 2. The maximum absolute atomic E-state index is 11.8. The van der Waals surface area contributed by atoms with Crippen LogP contribution in [0, 0.1) is 0 Å². The van der Waals surface area contributed by atoms with Crippen molar-refractivity contribution in [1.82, 2.24) is 40.3 Å². The van der Waals surface area contributed by atoms with Gasteiger partial charge in [0.1, 0.15) is 11.6 Å². The molecule has 0 unspecified atom stereocenters. The highest BCUT2D eigenvalue weighted by molar-refractivity contribution is 7.98. The zero-order valence-corrected chi connectivity index (χ0v) is 29.3. The zero-order valence-electron chi connectivity index (χ0n) is 26.2. The molecule has 4 heterocycles. The van der Waals surface area contributed by atoms with Gasteiger partial charge in [0.15, 0.2) is 16.5 Å². The number of aromatic amines is 2. The lowest BCUT2D eigenvalue weighted by Crippen LogP contribution is -2.17. The highest BCUT2D eigenvalue weighted by atomic mass is 35.5. The van der Waals surface area contributed by atoms with Crippen LogP contribution in [-0.2, 0) is 9.84 Å². The normalized spacial score (nSPS) is 12.8. The number of fused-ring (bicyclic) bond motifs is 2. The van der Waals surface area contributed by atoms with Gasteiger partial charge in [-0.25, -0.2) is 23.4 Å². The number of H-pyrrole nitrogens is 2. The van der Waals surface area contributed by atoms with Crippen LogP contribution in [0.15, 0.2) is 58.8 Å². The van der Waals surface area contributed by atoms with E-state index < -0.39 is 22.0 Å². The van der Waals surface area contributed by atoms with Gasteiger partial charge in [0.05, 0.1) is 34.4 Å². The molecule has 0 amide bonds. The largest absolute Gasteiger partial charge is 0.392 e. The Bertz CT molecular complexity index is 2170. The minimum atomic E-state index is -3.62. The van der Waals surface area contributed by atoms with E-state index in [1.807, 2.05) is 36.6 Å². The number of nitrogens with one attached hydrogen (secondary N) is 4. The number of halogens is 2. The van der Waals surface area contributed by atoms with Crippen LogP contribution in [0.5, 0.6) is 0 Å². The van der Waals surface area contributed by atoms with Crippen molar-refractivity contribution >= 4 is 78.5 Å². The molecule has 0 radical (unpaired) electrons. The summed E-state index contributed by atoms with van der Waals surface area (Å²) < 4.78 is 23.7. The summed E-state index contributed by atoms with van der Waals surface area (Å²) in [6, 6.07) is 14.7. The first-order valence-corrected chi connectivity index (χ1v) is 18.3. The van der Waals surface area contributed by atoms with Crippen LogP contribution in [0.4, 0.5) is 11.6 Å². The van der Waals surface area contributed by atoms with E-state index in [9.17, 15) is 18.6 Å². The van der Waals surface area contributed by atoms with Gasteiger partial charge in [0.2, 0.25) is 9.84 Å². The highest BCUT2D eigenvalue weighted by Crippen LogP contribution is 2.36. The molecule has 0 saturated heterocycles. The van der Waals surface area contributed by atoms with E-state index in [0.29, 0.717) is 49.9 Å². The lowest BCUT2D eigenvalue weighted by atomic mass is 10.1. The van der Waals surface area contributed by atoms with Gasteiger partial charge < -0.3 is 20.8 Å². The molecule has 4 aromatic heterocycles. The molecule has 0 aliphatic rings. The predicted octanol–water partition coefficient (Wildman–Crippen LogP) is 5.06. The number of hydrogen-bond donors (Lipinski definition) is 6. The maximum atomic E-state index is 11.8. The minimum absolute atomic E-state index is 0.183. The van der Waals surface area contributed by atoms with Crippen molar-refractivity contribution in [2.24, 2.45) is 0 Å². The standard InChI is InChI=1S/C15H16ClN5O3S.C15H16ClN5OS/c1-8(22)7-17-13-11-12(9-5-3-4-6-10(9)16)20-21-14(11)19-15(18-13)25(2,23)24;1-8(22)7-17-13-11-12(9-5-3-4-6-10(9)16)20-21-14(11)19-15(18-13)23-2/h3-6,8,22H,7H2,1-2H3,(H2,17,18,19,20,21);3-6,8,22H,7H2,1-2H3,(H2,17,18,19,20,21)/t2*8-/m00/s1. The molecular weight excluding hydrogens is 699 g/mol. The zero-order chi connectivity index (χ0) is 34.6. The predicted molar refractivity (Wildman–Crippen MR) is 189 cm³/mol. The van der Waals surface area contributed by atoms with Crippen LogP contribution in [0.3, 0.4) is 0 Å². The molecule has 0 bridgehead atoms. The second-order valence-corrected chi connectivity index (χ2v) is 14.2. The van der Waals surface area contributed by atoms with E-state index in [-0.39, 0.29) is 23.2 Å². The first-order valence-electron chi connectivity index (χ1n) is 14.5. The summed E-state index contributed by atoms with van der Waals surface area (Å²) in [7, 11) is -3.62. The van der Waals surface area contributed by atoms with Crippen molar-refractivity contribution in [3.63, 3.8) is 0 Å². The molecular formula is C30H32Cl2N10O4S2. The molecule has 6 rings (SSSR count). The third-order valence-corrected chi connectivity index (χ3v) is 8.77. The van der Waals surface area contributed by atoms with Gasteiger partial charge in [-0.3, -0.25) is 10.2 Å². The van der Waals surface area contributed by atoms with Gasteiger partial charge in [-0.05, 0) is 32.2 Å². The topological polar surface area (TPSA) is 208 Å². The van der Waals surface area contributed by atoms with E-state index in [2.05, 4.69) is 51.0 Å². The summed E-state index contributed by atoms with van der Waals surface area (Å²) in [6.07, 6.45) is 1.78. The number of aliphatic hydroxyl groups is 2. The molecule has 6 N–H and O–H groups in total. The number of rotatable bonds is 10. The number of sulfone groups is 1. The maximum Gasteiger partial charge on any atom is 0.250 e. The Balaban J connectivity index is 0.000000188. The Morgan fingerprint density at radius 2 is 1.23 bits per heavy atom. The fourth-order valence-electron chi connectivity index (χ4n) is 4.53. The summed E-state index contributed by atoms with van der Waals surface area (Å²) in [6.45, 7) is 3.88. The van der Waals surface area contributed by atoms with E-state index in [4.69, 9.17) is 23.2 Å². The fraction of sp³-hybridized carbons (Fsp3) is 0.267. The molecule has 0 aliphatic carbocycles. The number of nitrogens with zero attached hydrogens (tertiary/aromatic N) is 6. The van der Waals surface area contributed by atoms with Gasteiger partial charge in [-0.1, -0.05) is 71.4 Å². The molecule has 0 fully saturated rings. The molecule has 0 aliphatic heterocycles. The van der Waals surface area contributed by atoms with E-state index in [1.165, 1.54) is 11.8 Å². The average Bonchev–Trinajstić information content (AvgIpc) is 3.67. The Hall–Kier alpha value is -4.06. The molecule has 252 valence electrons. The summed E-state index contributed by atoms with van der Waals surface area (Å²) in [5.41, 5.74) is 3.59. The SMILES string of the molecule is CSc1nc(NC[C@H](C)O)c2c(-c3ccccc3Cl)[nH]nc2n1.C[C@H](O)CNc1nc(S(C)(=O)=O)nc2n[nH]c(-c3ccccc3Cl)c12. The first-order chi connectivity index (χ1) is 22.9. The molecule has 6 aromatic rings. The van der Waals surface area contributed by atoms with Crippen molar-refractivity contribution in [3.05, 3.63) is 58.6 Å². The van der Waals surface area contributed by atoms with Gasteiger partial charge in [-0.2, -0.15) is 15.2 Å². The Morgan fingerprint density at radius 1 is 0.771 bits per heavy atom. The average molecular weight is 732 g/mol. The van der Waals surface area contributed by atoms with Crippen molar-refractivity contribution in [1.29, 1.82) is 0 Å². The van der Waals surface area contributed by atoms with Gasteiger partial charge >= 0.3 is 0 Å². The lowest BCUT2D eigenvalue weighted by Gasteiger charge is -2.11. The molecule has 2 atom stereocenters. The van der Waals surface area contributed by atoms with Crippen LogP contribution < -0.4 is 10.6 Å². The number of anilines is 2. The van der Waals surface area contributed by atoms with Crippen molar-refractivity contribution < 1.29 is 18.6 Å². The Kier molecular flexibility index (Phi) is 11.0. The summed E-state index contributed by atoms with van der Waals surface area (Å²) in [5.74, 6) is 0.888. The number of aromatic nitrogens is 8. The third kappa shape index (κ3) is 7.97. The van der Waals surface area contributed by atoms with Crippen LogP contribution >= 0.6 is 35.0 Å². The Labute approximate surface area is 290 Å². The van der Waals surface area contributed by atoms with Gasteiger partial charge in [0, 0.05) is 40.5 Å². The first kappa shape index (κ1) is 35.3.